The summed E-state index contributed by atoms with van der Waals surface area (Å²) >= 11 is 0. The SMILES string of the molecule is O[C@H]1C(COP)O[C@@H](O[C@H]2C(OP)C=COC2COP)C(OP)[C@H]1OP. The van der Waals surface area contributed by atoms with E-state index >= 15 is 0 Å². The van der Waals surface area contributed by atoms with Gasteiger partial charge < -0.3 is 41.9 Å². The van der Waals surface area contributed by atoms with Crippen molar-refractivity contribution < 1.29 is 41.9 Å². The molecule has 2 aliphatic heterocycles. The van der Waals surface area contributed by atoms with E-state index in [1.54, 1.807) is 6.08 Å². The van der Waals surface area contributed by atoms with Gasteiger partial charge in [0, 0.05) is 47.3 Å². The predicted octanol–water partition coefficient (Wildman–Crippen LogP) is 0.509. The van der Waals surface area contributed by atoms with Crippen LogP contribution in [0.15, 0.2) is 12.3 Å². The summed E-state index contributed by atoms with van der Waals surface area (Å²) in [6.45, 7) is 0.385. The van der Waals surface area contributed by atoms with Crippen LogP contribution in [0.25, 0.3) is 0 Å². The first-order valence-corrected chi connectivity index (χ1v) is 9.98. The lowest BCUT2D eigenvalue weighted by Gasteiger charge is -2.45. The lowest BCUT2D eigenvalue weighted by molar-refractivity contribution is -0.311. The van der Waals surface area contributed by atoms with Crippen molar-refractivity contribution in [2.45, 2.75) is 49.0 Å². The van der Waals surface area contributed by atoms with Crippen LogP contribution in [0.1, 0.15) is 0 Å². The second kappa shape index (κ2) is 12.2. The minimum atomic E-state index is -0.971. The molecule has 1 fully saturated rings. The number of ether oxygens (including phenoxy) is 3. The Morgan fingerprint density at radius 1 is 0.846 bits per heavy atom. The molecule has 2 aliphatic rings. The Labute approximate surface area is 164 Å². The van der Waals surface area contributed by atoms with Gasteiger partial charge in [0.15, 0.2) is 12.4 Å². The Morgan fingerprint density at radius 3 is 2.08 bits per heavy atom. The first-order valence-electron chi connectivity index (χ1n) is 7.62. The third kappa shape index (κ3) is 5.71. The van der Waals surface area contributed by atoms with Crippen molar-refractivity contribution in [2.75, 3.05) is 13.2 Å². The summed E-state index contributed by atoms with van der Waals surface area (Å²) < 4.78 is 43.8. The topological polar surface area (TPSA) is 94.1 Å². The van der Waals surface area contributed by atoms with Crippen LogP contribution < -0.4 is 0 Å². The number of aliphatic hydroxyl groups excluding tert-OH is 1. The van der Waals surface area contributed by atoms with Crippen molar-refractivity contribution in [2.24, 2.45) is 0 Å². The van der Waals surface area contributed by atoms with Gasteiger partial charge in [-0.25, -0.2) is 0 Å². The molecule has 0 radical (unpaired) electrons. The molecule has 0 spiro atoms. The second-order valence-corrected chi connectivity index (χ2v) is 7.09. The van der Waals surface area contributed by atoms with E-state index in [0.717, 1.165) is 0 Å². The van der Waals surface area contributed by atoms with Crippen molar-refractivity contribution in [3.8, 4) is 0 Å². The summed E-state index contributed by atoms with van der Waals surface area (Å²) in [5.74, 6) is 0. The first-order chi connectivity index (χ1) is 12.6. The molecule has 26 heavy (non-hydrogen) atoms. The van der Waals surface area contributed by atoms with E-state index in [0.29, 0.717) is 0 Å². The normalized spacial score (nSPS) is 40.4. The molecule has 0 aromatic heterocycles. The fourth-order valence-electron chi connectivity index (χ4n) is 2.83. The smallest absolute Gasteiger partial charge is 0.187 e. The van der Waals surface area contributed by atoms with Crippen molar-refractivity contribution in [3.63, 3.8) is 0 Å². The molecule has 14 heteroatoms. The number of aliphatic hydroxyl groups is 1. The molecule has 0 aromatic carbocycles. The Morgan fingerprint density at radius 2 is 1.50 bits per heavy atom. The molecule has 0 bridgehead atoms. The van der Waals surface area contributed by atoms with Gasteiger partial charge in [-0.15, -0.1) is 0 Å². The molecule has 1 N–H and O–H groups in total. The van der Waals surface area contributed by atoms with Gasteiger partial charge in [0.05, 0.1) is 19.5 Å². The second-order valence-electron chi connectivity index (χ2n) is 5.61. The molecule has 0 amide bonds. The van der Waals surface area contributed by atoms with E-state index < -0.39 is 49.0 Å². The van der Waals surface area contributed by atoms with E-state index in [9.17, 15) is 5.11 Å². The van der Waals surface area contributed by atoms with Gasteiger partial charge in [0.25, 0.3) is 0 Å². The fraction of sp³-hybridized carbons (Fsp3) is 0.833. The van der Waals surface area contributed by atoms with Crippen LogP contribution in [0.2, 0.25) is 0 Å². The van der Waals surface area contributed by atoms with Crippen molar-refractivity contribution in [3.05, 3.63) is 12.3 Å². The van der Waals surface area contributed by atoms with Crippen molar-refractivity contribution >= 4 is 47.3 Å². The highest BCUT2D eigenvalue weighted by atomic mass is 31.0. The van der Waals surface area contributed by atoms with Gasteiger partial charge >= 0.3 is 0 Å². The maximum Gasteiger partial charge on any atom is 0.187 e. The van der Waals surface area contributed by atoms with Crippen LogP contribution in [0.4, 0.5) is 0 Å². The van der Waals surface area contributed by atoms with E-state index in [1.807, 2.05) is 0 Å². The zero-order valence-electron chi connectivity index (χ0n) is 13.8. The Hall–Kier alpha value is 1.37. The molecule has 0 saturated carbocycles. The summed E-state index contributed by atoms with van der Waals surface area (Å²) in [5, 5.41) is 10.4. The van der Waals surface area contributed by atoms with E-state index in [4.69, 9.17) is 36.8 Å². The predicted molar refractivity (Wildman–Crippen MR) is 109 cm³/mol. The minimum absolute atomic E-state index is 0.128. The molecule has 0 aromatic rings. The van der Waals surface area contributed by atoms with Gasteiger partial charge in [0.2, 0.25) is 0 Å². The minimum Gasteiger partial charge on any atom is -0.493 e. The van der Waals surface area contributed by atoms with Gasteiger partial charge in [-0.3, -0.25) is 0 Å². The molecular formula is C12H25O9P5. The molecular weight excluding hydrogens is 443 g/mol. The number of rotatable bonds is 9. The maximum atomic E-state index is 10.4. The molecule has 9 nitrogen and oxygen atoms in total. The molecule has 1 saturated heterocycles. The molecule has 0 aliphatic carbocycles. The van der Waals surface area contributed by atoms with Crippen LogP contribution in [0.3, 0.4) is 0 Å². The monoisotopic (exact) mass is 468 g/mol. The summed E-state index contributed by atoms with van der Waals surface area (Å²) in [4.78, 5) is 0. The first kappa shape index (κ1) is 23.6. The van der Waals surface area contributed by atoms with Gasteiger partial charge in [-0.1, -0.05) is 0 Å². The summed E-state index contributed by atoms with van der Waals surface area (Å²) in [6.07, 6.45) is -2.09. The summed E-state index contributed by atoms with van der Waals surface area (Å²) in [7, 11) is 10.8. The number of hydrogen-bond donors (Lipinski definition) is 1. The average Bonchev–Trinajstić information content (AvgIpc) is 2.65. The highest BCUT2D eigenvalue weighted by Gasteiger charge is 2.49. The van der Waals surface area contributed by atoms with Crippen LogP contribution in [0, 0.1) is 0 Å². The highest BCUT2D eigenvalue weighted by molar-refractivity contribution is 7.10. The maximum absolute atomic E-state index is 10.4. The standard InChI is InChI=1S/C12H25O9P5/c13-8-6(3-15-22)17-12(11(21-26)10(8)20-25)18-9-5(19-24)1-2-14-7(9)4-16-23/h1-2,5-13H,3-4,22-26H2/t5?,6?,7?,8-,9-,10-,11?,12-/m0/s1. The number of hydrogen-bond acceptors (Lipinski definition) is 9. The lowest BCUT2D eigenvalue weighted by atomic mass is 9.99. The Kier molecular flexibility index (Phi) is 11.1. The largest absolute Gasteiger partial charge is 0.493 e. The van der Waals surface area contributed by atoms with Gasteiger partial charge in [-0.2, -0.15) is 0 Å². The highest BCUT2D eigenvalue weighted by Crippen LogP contribution is 2.32. The molecule has 9 unspecified atom stereocenters. The zero-order valence-corrected chi connectivity index (χ0v) is 19.6. The zero-order chi connectivity index (χ0) is 19.1. The molecule has 2 rings (SSSR count). The van der Waals surface area contributed by atoms with Crippen LogP contribution in [-0.4, -0.2) is 67.3 Å². The quantitative estimate of drug-likeness (QED) is 0.486. The third-order valence-electron chi connectivity index (χ3n) is 4.11. The average molecular weight is 468 g/mol. The Balaban J connectivity index is 2.20. The molecule has 13 atom stereocenters. The van der Waals surface area contributed by atoms with Gasteiger partial charge in [0.1, 0.15) is 36.6 Å². The van der Waals surface area contributed by atoms with Crippen LogP contribution in [0.5, 0.6) is 0 Å². The van der Waals surface area contributed by atoms with Crippen LogP contribution >= 0.6 is 47.3 Å². The Bertz CT molecular complexity index is 447. The van der Waals surface area contributed by atoms with E-state index in [2.05, 4.69) is 47.3 Å². The summed E-state index contributed by atoms with van der Waals surface area (Å²) in [5.41, 5.74) is 0. The summed E-state index contributed by atoms with van der Waals surface area (Å²) in [6, 6.07) is 0. The molecule has 2 heterocycles. The third-order valence-corrected chi connectivity index (χ3v) is 5.44. The van der Waals surface area contributed by atoms with Crippen LogP contribution in [-0.2, 0) is 36.8 Å². The van der Waals surface area contributed by atoms with E-state index in [-0.39, 0.29) is 13.2 Å². The van der Waals surface area contributed by atoms with Crippen molar-refractivity contribution in [1.82, 2.24) is 0 Å². The van der Waals surface area contributed by atoms with Crippen molar-refractivity contribution in [1.29, 1.82) is 0 Å². The van der Waals surface area contributed by atoms with Gasteiger partial charge in [-0.05, 0) is 6.08 Å². The fourth-order valence-corrected chi connectivity index (χ4v) is 4.05. The lowest BCUT2D eigenvalue weighted by Crippen LogP contribution is -2.61. The molecule has 152 valence electrons. The van der Waals surface area contributed by atoms with E-state index in [1.165, 1.54) is 6.26 Å².